The Morgan fingerprint density at radius 1 is 1.43 bits per heavy atom. The zero-order valence-electron chi connectivity index (χ0n) is 8.78. The van der Waals surface area contributed by atoms with Gasteiger partial charge in [-0.1, -0.05) is 20.3 Å². The second-order valence-electron chi connectivity index (χ2n) is 3.50. The molecule has 0 aromatic rings. The molecule has 1 unspecified atom stereocenters. The molecule has 1 amide bonds. The minimum Gasteiger partial charge on any atom is -0.480 e. The molecule has 0 aliphatic heterocycles. The van der Waals surface area contributed by atoms with Gasteiger partial charge in [0.25, 0.3) is 0 Å². The zero-order chi connectivity index (χ0) is 11.3. The number of hydrogen-bond acceptors (Lipinski definition) is 3. The maximum atomic E-state index is 11.2. The number of carboxylic acids is 1. The van der Waals surface area contributed by atoms with Crippen LogP contribution in [0.5, 0.6) is 0 Å². The van der Waals surface area contributed by atoms with Gasteiger partial charge in [-0.3, -0.25) is 4.79 Å². The molecule has 14 heavy (non-hydrogen) atoms. The normalized spacial score (nSPS) is 16.9. The van der Waals surface area contributed by atoms with Crippen LogP contribution in [0.2, 0.25) is 0 Å². The Kier molecular flexibility index (Phi) is 5.15. The summed E-state index contributed by atoms with van der Waals surface area (Å²) >= 11 is 0. The fourth-order valence-corrected chi connectivity index (χ4v) is 0.968. The summed E-state index contributed by atoms with van der Waals surface area (Å²) in [5, 5.41) is 11.3. The molecule has 0 heterocycles. The van der Waals surface area contributed by atoms with Gasteiger partial charge in [-0.05, 0) is 12.8 Å². The second-order valence-corrected chi connectivity index (χ2v) is 3.50. The highest BCUT2D eigenvalue weighted by atomic mass is 16.4. The molecular formula is C9H18N2O3. The molecule has 0 aromatic heterocycles. The standard InChI is InChI=1S/C9H18N2O3/c1-4-5(2)7(9(13)14)11-8(12)6(3)10/h5-7H,4,10H2,1-3H3,(H,11,12)(H,13,14)/t5?,6-,7+/m1/s1. The average molecular weight is 202 g/mol. The van der Waals surface area contributed by atoms with E-state index in [1.165, 1.54) is 6.92 Å². The van der Waals surface area contributed by atoms with Crippen LogP contribution >= 0.6 is 0 Å². The van der Waals surface area contributed by atoms with Gasteiger partial charge in [-0.2, -0.15) is 0 Å². The molecule has 0 saturated carbocycles. The van der Waals surface area contributed by atoms with Gasteiger partial charge in [0.2, 0.25) is 5.91 Å². The number of nitrogens with one attached hydrogen (secondary N) is 1. The van der Waals surface area contributed by atoms with Crippen molar-refractivity contribution < 1.29 is 14.7 Å². The minimum absolute atomic E-state index is 0.102. The molecule has 0 radical (unpaired) electrons. The molecule has 5 nitrogen and oxygen atoms in total. The third kappa shape index (κ3) is 3.74. The van der Waals surface area contributed by atoms with Gasteiger partial charge < -0.3 is 16.2 Å². The van der Waals surface area contributed by atoms with E-state index in [0.717, 1.165) is 0 Å². The number of carboxylic acid groups (broad SMARTS) is 1. The number of carbonyl (C=O) groups is 2. The minimum atomic E-state index is -1.02. The molecule has 0 rings (SSSR count). The van der Waals surface area contributed by atoms with Crippen molar-refractivity contribution in [2.45, 2.75) is 39.3 Å². The van der Waals surface area contributed by atoms with Gasteiger partial charge in [0.05, 0.1) is 6.04 Å². The summed E-state index contributed by atoms with van der Waals surface area (Å²) in [6.07, 6.45) is 0.691. The fraction of sp³-hybridized carbons (Fsp3) is 0.778. The van der Waals surface area contributed by atoms with Crippen LogP contribution in [0.25, 0.3) is 0 Å². The first-order valence-corrected chi connectivity index (χ1v) is 4.68. The predicted octanol–water partition coefficient (Wildman–Crippen LogP) is -0.0509. The van der Waals surface area contributed by atoms with E-state index in [4.69, 9.17) is 10.8 Å². The summed E-state index contributed by atoms with van der Waals surface area (Å²) in [6.45, 7) is 5.17. The number of aliphatic carboxylic acids is 1. The quantitative estimate of drug-likeness (QED) is 0.582. The molecule has 4 N–H and O–H groups in total. The van der Waals surface area contributed by atoms with Crippen molar-refractivity contribution in [1.29, 1.82) is 0 Å². The summed E-state index contributed by atoms with van der Waals surface area (Å²) in [5.74, 6) is -1.55. The lowest BCUT2D eigenvalue weighted by Gasteiger charge is -2.20. The van der Waals surface area contributed by atoms with Crippen molar-refractivity contribution in [2.24, 2.45) is 11.7 Å². The fourth-order valence-electron chi connectivity index (χ4n) is 0.968. The maximum Gasteiger partial charge on any atom is 0.326 e. The maximum absolute atomic E-state index is 11.2. The number of rotatable bonds is 5. The van der Waals surface area contributed by atoms with E-state index < -0.39 is 24.0 Å². The lowest BCUT2D eigenvalue weighted by molar-refractivity contribution is -0.143. The van der Waals surface area contributed by atoms with Crippen molar-refractivity contribution in [3.63, 3.8) is 0 Å². The molecule has 0 aromatic carbocycles. The summed E-state index contributed by atoms with van der Waals surface area (Å²) in [6, 6.07) is -1.53. The van der Waals surface area contributed by atoms with Crippen molar-refractivity contribution in [3.05, 3.63) is 0 Å². The lowest BCUT2D eigenvalue weighted by Crippen LogP contribution is -2.50. The van der Waals surface area contributed by atoms with Gasteiger partial charge in [-0.15, -0.1) is 0 Å². The largest absolute Gasteiger partial charge is 0.480 e. The van der Waals surface area contributed by atoms with Crippen LogP contribution in [0.15, 0.2) is 0 Å². The summed E-state index contributed by atoms with van der Waals surface area (Å²) < 4.78 is 0. The van der Waals surface area contributed by atoms with E-state index in [9.17, 15) is 9.59 Å². The van der Waals surface area contributed by atoms with Crippen LogP contribution in [0, 0.1) is 5.92 Å². The van der Waals surface area contributed by atoms with E-state index in [1.807, 2.05) is 6.92 Å². The molecule has 3 atom stereocenters. The summed E-state index contributed by atoms with van der Waals surface area (Å²) in [5.41, 5.74) is 5.32. The molecule has 0 saturated heterocycles. The highest BCUT2D eigenvalue weighted by Crippen LogP contribution is 2.07. The summed E-state index contributed by atoms with van der Waals surface area (Å²) in [7, 11) is 0. The third-order valence-corrected chi connectivity index (χ3v) is 2.19. The van der Waals surface area contributed by atoms with E-state index in [-0.39, 0.29) is 5.92 Å². The number of amides is 1. The van der Waals surface area contributed by atoms with Crippen LogP contribution in [0.4, 0.5) is 0 Å². The SMILES string of the molecule is CCC(C)[C@H](NC(=O)[C@@H](C)N)C(=O)O. The highest BCUT2D eigenvalue weighted by Gasteiger charge is 2.25. The summed E-state index contributed by atoms with van der Waals surface area (Å²) in [4.78, 5) is 22.0. The van der Waals surface area contributed by atoms with Crippen LogP contribution in [0.1, 0.15) is 27.2 Å². The average Bonchev–Trinajstić information content (AvgIpc) is 2.11. The van der Waals surface area contributed by atoms with Crippen molar-refractivity contribution in [1.82, 2.24) is 5.32 Å². The van der Waals surface area contributed by atoms with E-state index >= 15 is 0 Å². The van der Waals surface area contributed by atoms with Crippen molar-refractivity contribution in [3.8, 4) is 0 Å². The van der Waals surface area contributed by atoms with Crippen LogP contribution in [-0.4, -0.2) is 29.1 Å². The van der Waals surface area contributed by atoms with Crippen molar-refractivity contribution >= 4 is 11.9 Å². The monoisotopic (exact) mass is 202 g/mol. The van der Waals surface area contributed by atoms with Gasteiger partial charge in [0, 0.05) is 0 Å². The van der Waals surface area contributed by atoms with Crippen molar-refractivity contribution in [2.75, 3.05) is 0 Å². The van der Waals surface area contributed by atoms with Gasteiger partial charge in [-0.25, -0.2) is 4.79 Å². The van der Waals surface area contributed by atoms with Crippen LogP contribution in [0.3, 0.4) is 0 Å². The molecule has 0 fully saturated rings. The van der Waals surface area contributed by atoms with Gasteiger partial charge >= 0.3 is 5.97 Å². The lowest BCUT2D eigenvalue weighted by atomic mass is 9.99. The Bertz CT molecular complexity index is 216. The smallest absolute Gasteiger partial charge is 0.326 e. The Morgan fingerprint density at radius 2 is 1.93 bits per heavy atom. The number of hydrogen-bond donors (Lipinski definition) is 3. The molecule has 0 aliphatic carbocycles. The zero-order valence-corrected chi connectivity index (χ0v) is 8.78. The van der Waals surface area contributed by atoms with Crippen LogP contribution in [-0.2, 0) is 9.59 Å². The molecular weight excluding hydrogens is 184 g/mol. The van der Waals surface area contributed by atoms with E-state index in [2.05, 4.69) is 5.32 Å². The molecule has 0 spiro atoms. The van der Waals surface area contributed by atoms with Crippen LogP contribution < -0.4 is 11.1 Å². The molecule has 0 aliphatic rings. The molecule has 5 heteroatoms. The van der Waals surface area contributed by atoms with Gasteiger partial charge in [0.1, 0.15) is 6.04 Å². The topological polar surface area (TPSA) is 92.4 Å². The number of carbonyl (C=O) groups excluding carboxylic acids is 1. The van der Waals surface area contributed by atoms with E-state index in [0.29, 0.717) is 6.42 Å². The van der Waals surface area contributed by atoms with Gasteiger partial charge in [0.15, 0.2) is 0 Å². The highest BCUT2D eigenvalue weighted by molar-refractivity contribution is 5.86. The second kappa shape index (κ2) is 5.59. The van der Waals surface area contributed by atoms with E-state index in [1.54, 1.807) is 6.92 Å². The number of nitrogens with two attached hydrogens (primary N) is 1. The Morgan fingerprint density at radius 3 is 2.21 bits per heavy atom. The molecule has 82 valence electrons. The first-order chi connectivity index (χ1) is 6.40. The first-order valence-electron chi connectivity index (χ1n) is 4.68. The third-order valence-electron chi connectivity index (χ3n) is 2.19. The molecule has 0 bridgehead atoms. The Balaban J connectivity index is 4.38. The predicted molar refractivity (Wildman–Crippen MR) is 52.7 cm³/mol. The first kappa shape index (κ1) is 12.9. The Hall–Kier alpha value is -1.10. The Labute approximate surface area is 83.7 Å².